The number of anilines is 1. The van der Waals surface area contributed by atoms with Crippen molar-refractivity contribution in [2.24, 2.45) is 0 Å². The molecule has 1 saturated heterocycles. The van der Waals surface area contributed by atoms with E-state index in [0.717, 1.165) is 38.6 Å². The fourth-order valence-electron chi connectivity index (χ4n) is 2.27. The number of hydrogen-bond donors (Lipinski definition) is 2. The summed E-state index contributed by atoms with van der Waals surface area (Å²) in [6, 6.07) is 4.26. The summed E-state index contributed by atoms with van der Waals surface area (Å²) in [7, 11) is 1.72. The highest BCUT2D eigenvalue weighted by atomic mass is 16.5. The molecule has 0 unspecified atom stereocenters. The molecule has 0 bridgehead atoms. The van der Waals surface area contributed by atoms with Crippen molar-refractivity contribution in [1.29, 1.82) is 0 Å². The molecular weight excluding hydrogens is 226 g/mol. The molecule has 0 spiro atoms. The summed E-state index contributed by atoms with van der Waals surface area (Å²) in [5, 5.41) is 6.88. The molecule has 4 nitrogen and oxygen atoms in total. The van der Waals surface area contributed by atoms with E-state index >= 15 is 0 Å². The van der Waals surface area contributed by atoms with E-state index in [4.69, 9.17) is 4.74 Å². The van der Waals surface area contributed by atoms with Crippen LogP contribution in [0.2, 0.25) is 0 Å². The standard InChI is InChI=1S/C14H23N3O/c1-11-9-14(18-3)12(2)8-13(11)16-10-17-6-4-15-5-7-17/h8-9,15-16H,4-7,10H2,1-3H3. The molecule has 100 valence electrons. The number of aryl methyl sites for hydroxylation is 2. The van der Waals surface area contributed by atoms with E-state index in [1.807, 2.05) is 0 Å². The lowest BCUT2D eigenvalue weighted by Gasteiger charge is -2.28. The molecule has 1 aromatic carbocycles. The van der Waals surface area contributed by atoms with Crippen molar-refractivity contribution in [2.45, 2.75) is 13.8 Å². The van der Waals surface area contributed by atoms with Crippen molar-refractivity contribution in [1.82, 2.24) is 10.2 Å². The van der Waals surface area contributed by atoms with Crippen LogP contribution in [0.4, 0.5) is 5.69 Å². The SMILES string of the molecule is COc1cc(C)c(NCN2CCNCC2)cc1C. The summed E-state index contributed by atoms with van der Waals surface area (Å²) in [5.74, 6) is 0.959. The first kappa shape index (κ1) is 13.2. The van der Waals surface area contributed by atoms with Gasteiger partial charge >= 0.3 is 0 Å². The molecule has 1 heterocycles. The van der Waals surface area contributed by atoms with Crippen LogP contribution in [0, 0.1) is 13.8 Å². The van der Waals surface area contributed by atoms with Gasteiger partial charge in [0.1, 0.15) is 5.75 Å². The zero-order valence-corrected chi connectivity index (χ0v) is 11.5. The van der Waals surface area contributed by atoms with Gasteiger partial charge in [-0.15, -0.1) is 0 Å². The van der Waals surface area contributed by atoms with Crippen molar-refractivity contribution in [3.63, 3.8) is 0 Å². The van der Waals surface area contributed by atoms with Gasteiger partial charge in [0, 0.05) is 31.9 Å². The average molecular weight is 249 g/mol. The van der Waals surface area contributed by atoms with Gasteiger partial charge in [0.05, 0.1) is 13.8 Å². The number of nitrogens with one attached hydrogen (secondary N) is 2. The van der Waals surface area contributed by atoms with E-state index in [-0.39, 0.29) is 0 Å². The highest BCUT2D eigenvalue weighted by Gasteiger charge is 2.10. The number of methoxy groups -OCH3 is 1. The van der Waals surface area contributed by atoms with Crippen LogP contribution in [0.3, 0.4) is 0 Å². The quantitative estimate of drug-likeness (QED) is 0.849. The molecule has 0 aromatic heterocycles. The molecule has 2 rings (SSSR count). The second-order valence-corrected chi connectivity index (χ2v) is 4.84. The predicted octanol–water partition coefficient (Wildman–Crippen LogP) is 1.59. The van der Waals surface area contributed by atoms with Crippen molar-refractivity contribution >= 4 is 5.69 Å². The third-order valence-electron chi connectivity index (χ3n) is 3.44. The Balaban J connectivity index is 1.98. The fourth-order valence-corrected chi connectivity index (χ4v) is 2.27. The zero-order valence-electron chi connectivity index (χ0n) is 11.5. The Hall–Kier alpha value is -1.26. The van der Waals surface area contributed by atoms with Crippen molar-refractivity contribution < 1.29 is 4.74 Å². The Morgan fingerprint density at radius 2 is 1.94 bits per heavy atom. The van der Waals surface area contributed by atoms with Crippen molar-refractivity contribution in [3.8, 4) is 5.75 Å². The topological polar surface area (TPSA) is 36.5 Å². The van der Waals surface area contributed by atoms with Crippen LogP contribution < -0.4 is 15.4 Å². The van der Waals surface area contributed by atoms with Gasteiger partial charge in [0.25, 0.3) is 0 Å². The lowest BCUT2D eigenvalue weighted by Crippen LogP contribution is -2.45. The van der Waals surface area contributed by atoms with E-state index in [2.05, 4.69) is 41.5 Å². The summed E-state index contributed by atoms with van der Waals surface area (Å²) >= 11 is 0. The summed E-state index contributed by atoms with van der Waals surface area (Å²) in [4.78, 5) is 2.43. The summed E-state index contributed by atoms with van der Waals surface area (Å²) in [6.45, 7) is 9.50. The van der Waals surface area contributed by atoms with Gasteiger partial charge in [0.15, 0.2) is 0 Å². The van der Waals surface area contributed by atoms with Crippen molar-refractivity contribution in [2.75, 3.05) is 45.3 Å². The Kier molecular flexibility index (Phi) is 4.44. The number of rotatable bonds is 4. The highest BCUT2D eigenvalue weighted by molar-refractivity contribution is 5.56. The van der Waals surface area contributed by atoms with Gasteiger partial charge < -0.3 is 15.4 Å². The number of nitrogens with zero attached hydrogens (tertiary/aromatic N) is 1. The van der Waals surface area contributed by atoms with Crippen LogP contribution in [0.1, 0.15) is 11.1 Å². The average Bonchev–Trinajstić information content (AvgIpc) is 2.40. The third-order valence-corrected chi connectivity index (χ3v) is 3.44. The van der Waals surface area contributed by atoms with E-state index in [0.29, 0.717) is 0 Å². The number of benzene rings is 1. The van der Waals surface area contributed by atoms with E-state index in [1.165, 1.54) is 16.8 Å². The van der Waals surface area contributed by atoms with Crippen LogP contribution in [-0.2, 0) is 0 Å². The number of hydrogen-bond acceptors (Lipinski definition) is 4. The summed E-state index contributed by atoms with van der Waals surface area (Å²) in [6.07, 6.45) is 0. The Bertz CT molecular complexity index is 400. The Labute approximate surface area is 109 Å². The molecule has 1 aliphatic rings. The molecule has 0 radical (unpaired) electrons. The Morgan fingerprint density at radius 3 is 2.61 bits per heavy atom. The van der Waals surface area contributed by atoms with Gasteiger partial charge in [-0.25, -0.2) is 0 Å². The largest absolute Gasteiger partial charge is 0.496 e. The maximum absolute atomic E-state index is 5.33. The molecule has 1 aromatic rings. The van der Waals surface area contributed by atoms with Gasteiger partial charge in [-0.1, -0.05) is 0 Å². The normalized spacial score (nSPS) is 16.6. The molecule has 2 N–H and O–H groups in total. The first-order valence-electron chi connectivity index (χ1n) is 6.53. The van der Waals surface area contributed by atoms with E-state index in [1.54, 1.807) is 7.11 Å². The molecule has 18 heavy (non-hydrogen) atoms. The molecule has 1 fully saturated rings. The first-order valence-corrected chi connectivity index (χ1v) is 6.53. The Morgan fingerprint density at radius 1 is 1.22 bits per heavy atom. The molecule has 1 aliphatic heterocycles. The lowest BCUT2D eigenvalue weighted by atomic mass is 10.1. The first-order chi connectivity index (χ1) is 8.70. The van der Waals surface area contributed by atoms with E-state index < -0.39 is 0 Å². The lowest BCUT2D eigenvalue weighted by molar-refractivity contribution is 0.256. The van der Waals surface area contributed by atoms with Crippen LogP contribution >= 0.6 is 0 Å². The van der Waals surface area contributed by atoms with Gasteiger partial charge in [-0.3, -0.25) is 4.90 Å². The third kappa shape index (κ3) is 3.15. The van der Waals surface area contributed by atoms with Gasteiger partial charge in [-0.05, 0) is 37.1 Å². The minimum atomic E-state index is 0.911. The van der Waals surface area contributed by atoms with Crippen LogP contribution in [-0.4, -0.2) is 44.9 Å². The van der Waals surface area contributed by atoms with E-state index in [9.17, 15) is 0 Å². The van der Waals surface area contributed by atoms with Crippen LogP contribution in [0.15, 0.2) is 12.1 Å². The minimum Gasteiger partial charge on any atom is -0.496 e. The number of piperazine rings is 1. The van der Waals surface area contributed by atoms with Gasteiger partial charge in [0.2, 0.25) is 0 Å². The fraction of sp³-hybridized carbons (Fsp3) is 0.571. The monoisotopic (exact) mass is 249 g/mol. The second kappa shape index (κ2) is 6.07. The van der Waals surface area contributed by atoms with Crippen LogP contribution in [0.5, 0.6) is 5.75 Å². The summed E-state index contributed by atoms with van der Waals surface area (Å²) in [5.41, 5.74) is 3.60. The maximum atomic E-state index is 5.33. The number of ether oxygens (including phenoxy) is 1. The molecule has 0 saturated carbocycles. The minimum absolute atomic E-state index is 0.911. The predicted molar refractivity (Wildman–Crippen MR) is 75.4 cm³/mol. The second-order valence-electron chi connectivity index (χ2n) is 4.84. The maximum Gasteiger partial charge on any atom is 0.122 e. The molecule has 0 aliphatic carbocycles. The molecule has 0 atom stereocenters. The molecule has 0 amide bonds. The smallest absolute Gasteiger partial charge is 0.122 e. The van der Waals surface area contributed by atoms with Crippen molar-refractivity contribution in [3.05, 3.63) is 23.3 Å². The molecular formula is C14H23N3O. The van der Waals surface area contributed by atoms with Gasteiger partial charge in [-0.2, -0.15) is 0 Å². The highest BCUT2D eigenvalue weighted by Crippen LogP contribution is 2.25. The zero-order chi connectivity index (χ0) is 13.0. The summed E-state index contributed by atoms with van der Waals surface area (Å²) < 4.78 is 5.33. The van der Waals surface area contributed by atoms with Crippen LogP contribution in [0.25, 0.3) is 0 Å². The molecule has 4 heteroatoms.